The Morgan fingerprint density at radius 2 is 2.03 bits per heavy atom. The number of benzene rings is 1. The Hall–Kier alpha value is -3.88. The first-order valence-corrected chi connectivity index (χ1v) is 11.1. The van der Waals surface area contributed by atoms with Gasteiger partial charge in [-0.3, -0.25) is 14.6 Å². The van der Waals surface area contributed by atoms with Gasteiger partial charge in [-0.15, -0.1) is 0 Å². The number of pyridine rings is 1. The summed E-state index contributed by atoms with van der Waals surface area (Å²) in [6, 6.07) is 11.1. The largest absolute Gasteiger partial charge is 0.340 e. The van der Waals surface area contributed by atoms with Crippen LogP contribution in [-0.2, 0) is 17.8 Å². The van der Waals surface area contributed by atoms with Crippen LogP contribution >= 0.6 is 0 Å². The van der Waals surface area contributed by atoms with Crippen LogP contribution in [0.4, 0.5) is 0 Å². The highest BCUT2D eigenvalue weighted by atomic mass is 16.5. The smallest absolute Gasteiger partial charge is 0.275 e. The molecule has 5 rings (SSSR count). The first-order chi connectivity index (χ1) is 16.1. The van der Waals surface area contributed by atoms with Gasteiger partial charge in [0.05, 0.1) is 17.0 Å². The molecule has 1 amide bonds. The van der Waals surface area contributed by atoms with Gasteiger partial charge >= 0.3 is 0 Å². The summed E-state index contributed by atoms with van der Waals surface area (Å²) in [4.78, 5) is 36.4. The van der Waals surface area contributed by atoms with E-state index in [1.165, 1.54) is 4.68 Å². The van der Waals surface area contributed by atoms with Gasteiger partial charge in [-0.25, -0.2) is 4.68 Å². The molecule has 0 saturated carbocycles. The van der Waals surface area contributed by atoms with Crippen molar-refractivity contribution in [3.63, 3.8) is 0 Å². The minimum absolute atomic E-state index is 0.0480. The van der Waals surface area contributed by atoms with Crippen molar-refractivity contribution in [2.75, 3.05) is 13.1 Å². The summed E-state index contributed by atoms with van der Waals surface area (Å²) < 4.78 is 6.80. The molecule has 3 aromatic heterocycles. The van der Waals surface area contributed by atoms with Gasteiger partial charge in [0.25, 0.3) is 5.56 Å². The van der Waals surface area contributed by atoms with E-state index < -0.39 is 0 Å². The topological polar surface area (TPSA) is 107 Å². The number of aromatic nitrogens is 5. The molecule has 0 N–H and O–H groups in total. The van der Waals surface area contributed by atoms with Gasteiger partial charge in [-0.2, -0.15) is 10.1 Å². The standard InChI is InChI=1S/C24H24N6O3/c1-2-20-18-9-3-4-10-19(18)24(32)30(27-20)15-21(31)29-12-6-8-17(14-29)23-26-22(28-33-23)16-7-5-11-25-13-16/h3-5,7,9-11,13,17H,2,6,8,12,14-15H2,1H3/t17-/m0/s1. The quantitative estimate of drug-likeness (QED) is 0.466. The van der Waals surface area contributed by atoms with Crippen LogP contribution < -0.4 is 5.56 Å². The van der Waals surface area contributed by atoms with E-state index in [9.17, 15) is 9.59 Å². The Kier molecular flexibility index (Phi) is 5.68. The van der Waals surface area contributed by atoms with Gasteiger partial charge in [0.1, 0.15) is 6.54 Å². The van der Waals surface area contributed by atoms with Gasteiger partial charge in [-0.1, -0.05) is 30.3 Å². The van der Waals surface area contributed by atoms with Gasteiger partial charge in [-0.05, 0) is 37.5 Å². The molecule has 0 spiro atoms. The maximum absolute atomic E-state index is 13.1. The van der Waals surface area contributed by atoms with Crippen molar-refractivity contribution in [2.24, 2.45) is 0 Å². The van der Waals surface area contributed by atoms with Crippen molar-refractivity contribution in [3.8, 4) is 11.4 Å². The number of likely N-dealkylation sites (tertiary alicyclic amines) is 1. The SMILES string of the molecule is CCc1nn(CC(=O)N2CCC[C@H](c3nc(-c4cccnc4)no3)C2)c(=O)c2ccccc12. The maximum atomic E-state index is 13.1. The molecule has 1 aromatic carbocycles. The molecule has 0 bridgehead atoms. The third kappa shape index (κ3) is 4.13. The van der Waals surface area contributed by atoms with Gasteiger partial charge in [0.2, 0.25) is 17.6 Å². The molecular weight excluding hydrogens is 420 g/mol. The molecule has 9 nitrogen and oxygen atoms in total. The summed E-state index contributed by atoms with van der Waals surface area (Å²) in [5.41, 5.74) is 1.34. The fourth-order valence-electron chi connectivity index (χ4n) is 4.32. The molecule has 4 heterocycles. The molecule has 0 aliphatic carbocycles. The first-order valence-electron chi connectivity index (χ1n) is 11.1. The number of fused-ring (bicyclic) bond motifs is 1. The number of aryl methyl sites for hydroxylation is 1. The Labute approximate surface area is 190 Å². The van der Waals surface area contributed by atoms with Crippen LogP contribution in [0.15, 0.2) is 58.1 Å². The number of carbonyl (C=O) groups is 1. The second-order valence-corrected chi connectivity index (χ2v) is 8.19. The van der Waals surface area contributed by atoms with E-state index in [0.717, 1.165) is 29.5 Å². The third-order valence-electron chi connectivity index (χ3n) is 6.05. The van der Waals surface area contributed by atoms with Crippen LogP contribution in [0, 0.1) is 0 Å². The Bertz CT molecular complexity index is 1350. The minimum atomic E-state index is -0.247. The number of amides is 1. The monoisotopic (exact) mass is 444 g/mol. The lowest BCUT2D eigenvalue weighted by Gasteiger charge is -2.31. The van der Waals surface area contributed by atoms with Crippen LogP contribution in [0.25, 0.3) is 22.2 Å². The number of hydrogen-bond acceptors (Lipinski definition) is 7. The highest BCUT2D eigenvalue weighted by molar-refractivity contribution is 5.84. The second kappa shape index (κ2) is 8.93. The zero-order chi connectivity index (χ0) is 22.8. The molecule has 1 atom stereocenters. The summed E-state index contributed by atoms with van der Waals surface area (Å²) in [6.45, 7) is 3.00. The molecule has 1 aliphatic rings. The average Bonchev–Trinajstić information content (AvgIpc) is 3.37. The van der Waals surface area contributed by atoms with Crippen LogP contribution in [0.1, 0.15) is 37.3 Å². The summed E-state index contributed by atoms with van der Waals surface area (Å²) in [6.07, 6.45) is 5.73. The summed E-state index contributed by atoms with van der Waals surface area (Å²) in [5, 5.41) is 9.98. The Balaban J connectivity index is 1.34. The van der Waals surface area contributed by atoms with Gasteiger partial charge in [0.15, 0.2) is 0 Å². The Morgan fingerprint density at radius 1 is 1.18 bits per heavy atom. The van der Waals surface area contributed by atoms with E-state index in [4.69, 9.17) is 4.52 Å². The maximum Gasteiger partial charge on any atom is 0.275 e. The number of carbonyl (C=O) groups excluding carboxylic acids is 1. The number of hydrogen-bond donors (Lipinski definition) is 0. The molecular formula is C24H24N6O3. The summed E-state index contributed by atoms with van der Waals surface area (Å²) >= 11 is 0. The molecule has 0 radical (unpaired) electrons. The number of piperidine rings is 1. The predicted molar refractivity (Wildman–Crippen MR) is 121 cm³/mol. The third-order valence-corrected chi connectivity index (χ3v) is 6.05. The Morgan fingerprint density at radius 3 is 2.82 bits per heavy atom. The minimum Gasteiger partial charge on any atom is -0.340 e. The lowest BCUT2D eigenvalue weighted by Crippen LogP contribution is -2.42. The first kappa shape index (κ1) is 21.0. The van der Waals surface area contributed by atoms with Crippen LogP contribution in [0.2, 0.25) is 0 Å². The molecule has 1 aliphatic heterocycles. The second-order valence-electron chi connectivity index (χ2n) is 8.19. The molecule has 9 heteroatoms. The van der Waals surface area contributed by atoms with Crippen molar-refractivity contribution in [1.82, 2.24) is 29.8 Å². The van der Waals surface area contributed by atoms with Crippen molar-refractivity contribution >= 4 is 16.7 Å². The van der Waals surface area contributed by atoms with E-state index >= 15 is 0 Å². The van der Waals surface area contributed by atoms with E-state index in [-0.39, 0.29) is 23.9 Å². The molecule has 4 aromatic rings. The predicted octanol–water partition coefficient (Wildman–Crippen LogP) is 2.81. The normalized spacial score (nSPS) is 16.3. The van der Waals surface area contributed by atoms with Crippen molar-refractivity contribution < 1.29 is 9.32 Å². The van der Waals surface area contributed by atoms with Crippen LogP contribution in [0.5, 0.6) is 0 Å². The fraction of sp³-hybridized carbons (Fsp3) is 0.333. The lowest BCUT2D eigenvalue weighted by atomic mass is 9.98. The van der Waals surface area contributed by atoms with Crippen molar-refractivity contribution in [2.45, 2.75) is 38.6 Å². The number of rotatable bonds is 5. The molecule has 1 fully saturated rings. The van der Waals surface area contributed by atoms with E-state index in [1.807, 2.05) is 37.3 Å². The fourth-order valence-corrected chi connectivity index (χ4v) is 4.32. The van der Waals surface area contributed by atoms with Crippen molar-refractivity contribution in [3.05, 3.63) is 70.7 Å². The molecule has 1 saturated heterocycles. The highest BCUT2D eigenvalue weighted by Gasteiger charge is 2.29. The van der Waals surface area contributed by atoms with Crippen LogP contribution in [-0.4, -0.2) is 48.8 Å². The van der Waals surface area contributed by atoms with Gasteiger partial charge in [0, 0.05) is 36.4 Å². The molecule has 0 unspecified atom stereocenters. The summed E-state index contributed by atoms with van der Waals surface area (Å²) in [7, 11) is 0. The zero-order valence-corrected chi connectivity index (χ0v) is 18.3. The van der Waals surface area contributed by atoms with E-state index in [0.29, 0.717) is 36.6 Å². The zero-order valence-electron chi connectivity index (χ0n) is 18.3. The highest BCUT2D eigenvalue weighted by Crippen LogP contribution is 2.27. The van der Waals surface area contributed by atoms with Crippen LogP contribution in [0.3, 0.4) is 0 Å². The average molecular weight is 444 g/mol. The summed E-state index contributed by atoms with van der Waals surface area (Å²) in [5.74, 6) is 0.813. The van der Waals surface area contributed by atoms with Gasteiger partial charge < -0.3 is 9.42 Å². The molecule has 33 heavy (non-hydrogen) atoms. The number of nitrogens with zero attached hydrogens (tertiary/aromatic N) is 6. The lowest BCUT2D eigenvalue weighted by molar-refractivity contribution is -0.133. The molecule has 168 valence electrons. The van der Waals surface area contributed by atoms with E-state index in [2.05, 4.69) is 20.2 Å². The van der Waals surface area contributed by atoms with Crippen molar-refractivity contribution in [1.29, 1.82) is 0 Å². The van der Waals surface area contributed by atoms with E-state index in [1.54, 1.807) is 23.4 Å².